The van der Waals surface area contributed by atoms with Crippen LogP contribution in [0.25, 0.3) is 0 Å². The fourth-order valence-electron chi connectivity index (χ4n) is 8.14. The first-order chi connectivity index (χ1) is 25.9. The number of nitrogens with zero attached hydrogens (tertiary/aromatic N) is 2. The average molecular weight is 725 g/mol. The van der Waals surface area contributed by atoms with Gasteiger partial charge in [0.15, 0.2) is 34.5 Å². The summed E-state index contributed by atoms with van der Waals surface area (Å²) < 4.78 is 49.5. The lowest BCUT2D eigenvalue weighted by molar-refractivity contribution is 0.0903. The van der Waals surface area contributed by atoms with E-state index >= 15 is 0 Å². The number of hydrogen-bond donors (Lipinski definition) is 0. The molecular weight excluding hydrogens is 672 g/mol. The molecule has 0 saturated carbocycles. The third kappa shape index (κ3) is 7.38. The fraction of sp³-hybridized carbons (Fsp3) is 0.442. The van der Waals surface area contributed by atoms with Crippen LogP contribution in [-0.2, 0) is 41.8 Å². The lowest BCUT2D eigenvalue weighted by Crippen LogP contribution is -2.35. The topological polar surface area (TPSA) is 80.3 Å². The maximum Gasteiger partial charge on any atom is 0.204 e. The molecule has 10 nitrogen and oxygen atoms in total. The Labute approximate surface area is 313 Å². The van der Waals surface area contributed by atoms with E-state index in [1.54, 1.807) is 35.5 Å². The molecule has 4 aliphatic heterocycles. The zero-order valence-electron chi connectivity index (χ0n) is 32.1. The van der Waals surface area contributed by atoms with Gasteiger partial charge in [0.1, 0.15) is 5.75 Å². The van der Waals surface area contributed by atoms with Gasteiger partial charge in [-0.3, -0.25) is 9.80 Å². The van der Waals surface area contributed by atoms with Crippen LogP contribution >= 0.6 is 0 Å². The van der Waals surface area contributed by atoms with Gasteiger partial charge in [0.05, 0.1) is 35.0 Å². The first-order valence-electron chi connectivity index (χ1n) is 18.5. The predicted molar refractivity (Wildman–Crippen MR) is 204 cm³/mol. The summed E-state index contributed by atoms with van der Waals surface area (Å²) in [4.78, 5) is 4.82. The van der Waals surface area contributed by atoms with Gasteiger partial charge < -0.3 is 37.9 Å². The van der Waals surface area contributed by atoms with Crippen molar-refractivity contribution in [2.75, 3.05) is 75.9 Å². The lowest BCUT2D eigenvalue weighted by atomic mass is 9.84. The van der Waals surface area contributed by atoms with E-state index in [0.717, 1.165) is 66.8 Å². The highest BCUT2D eigenvalue weighted by Crippen LogP contribution is 2.54. The zero-order valence-corrected chi connectivity index (χ0v) is 32.1. The van der Waals surface area contributed by atoms with Crippen molar-refractivity contribution in [1.82, 2.24) is 9.80 Å². The minimum absolute atomic E-state index is 0.0808. The summed E-state index contributed by atoms with van der Waals surface area (Å²) in [5.74, 6) is 5.21. The van der Waals surface area contributed by atoms with Crippen molar-refractivity contribution in [2.45, 2.75) is 50.8 Å². The monoisotopic (exact) mass is 724 g/mol. The van der Waals surface area contributed by atoms with Gasteiger partial charge in [-0.05, 0) is 110 Å². The van der Waals surface area contributed by atoms with Crippen molar-refractivity contribution >= 4 is 0 Å². The van der Waals surface area contributed by atoms with E-state index in [-0.39, 0.29) is 12.1 Å². The number of methoxy groups -OCH3 is 5. The van der Waals surface area contributed by atoms with Gasteiger partial charge in [0, 0.05) is 56.6 Å². The summed E-state index contributed by atoms with van der Waals surface area (Å²) in [6, 6.07) is 19.0. The Morgan fingerprint density at radius 1 is 0.679 bits per heavy atom. The van der Waals surface area contributed by atoms with E-state index in [1.165, 1.54) is 16.7 Å². The van der Waals surface area contributed by atoms with Crippen LogP contribution in [0.2, 0.25) is 0 Å². The van der Waals surface area contributed by atoms with Crippen LogP contribution in [-0.4, -0.2) is 85.7 Å². The third-order valence-corrected chi connectivity index (χ3v) is 11.0. The molecule has 0 unspecified atom stereocenters. The van der Waals surface area contributed by atoms with E-state index in [9.17, 15) is 0 Å². The van der Waals surface area contributed by atoms with Crippen molar-refractivity contribution in [2.24, 2.45) is 0 Å². The van der Waals surface area contributed by atoms with Crippen LogP contribution in [0.4, 0.5) is 0 Å². The Kier molecular flexibility index (Phi) is 11.3. The average Bonchev–Trinajstić information content (AvgIpc) is 3.17. The van der Waals surface area contributed by atoms with Crippen molar-refractivity contribution in [3.05, 3.63) is 93.5 Å². The van der Waals surface area contributed by atoms with Crippen LogP contribution in [0.1, 0.15) is 57.4 Å². The summed E-state index contributed by atoms with van der Waals surface area (Å²) in [6.07, 6.45) is 4.01. The van der Waals surface area contributed by atoms with Crippen LogP contribution in [0, 0.1) is 0 Å². The standard InChI is InChI=1S/C43H52N2O8/c1-44-17-15-29-24-37(48-5)39-25-32(29)34(44)21-27-9-12-30(13-10-27)52-38-23-28(11-14-36(38)47-4)22-35-40-31(16-18-45(35)2)33(26-51-20-8-19-46-3)41(49-6)43(50-7)42(40)53-39/h9-14,23-25,34-35H,8,15-22,26H2,1-7H3/t34-,35-/m0/s1. The largest absolute Gasteiger partial charge is 0.493 e. The Morgan fingerprint density at radius 3 is 2.11 bits per heavy atom. The second-order valence-electron chi connectivity index (χ2n) is 14.1. The summed E-state index contributed by atoms with van der Waals surface area (Å²) in [5, 5.41) is 0. The van der Waals surface area contributed by atoms with Crippen LogP contribution in [0.15, 0.2) is 54.6 Å². The molecule has 0 fully saturated rings. The van der Waals surface area contributed by atoms with Gasteiger partial charge in [-0.15, -0.1) is 0 Å². The number of ether oxygens (including phenoxy) is 8. The van der Waals surface area contributed by atoms with E-state index < -0.39 is 0 Å². The van der Waals surface area contributed by atoms with Crippen molar-refractivity contribution < 1.29 is 37.9 Å². The lowest BCUT2D eigenvalue weighted by Gasteiger charge is -2.38. The molecule has 10 heteroatoms. The first kappa shape index (κ1) is 36.9. The SMILES string of the molecule is COCCCOCc1c2c3c(c(OC)c1OC)Oc1cc4c(cc1OC)CCN(C)[C@H]4Cc1ccc(cc1)Oc1cc(ccc1OC)C[C@@H]3N(C)CC2. The van der Waals surface area contributed by atoms with Crippen molar-refractivity contribution in [3.63, 3.8) is 0 Å². The van der Waals surface area contributed by atoms with Gasteiger partial charge in [-0.1, -0.05) is 18.2 Å². The molecule has 0 saturated heterocycles. The van der Waals surface area contributed by atoms with Gasteiger partial charge in [0.2, 0.25) is 5.75 Å². The number of rotatable bonds is 10. The quantitative estimate of drug-likeness (QED) is 0.152. The van der Waals surface area contributed by atoms with Crippen LogP contribution < -0.4 is 28.4 Å². The van der Waals surface area contributed by atoms with Gasteiger partial charge in [-0.2, -0.15) is 0 Å². The molecule has 0 spiro atoms. The molecule has 0 aliphatic carbocycles. The molecule has 4 aliphatic rings. The normalized spacial score (nSPS) is 18.2. The highest BCUT2D eigenvalue weighted by Gasteiger charge is 2.37. The maximum absolute atomic E-state index is 7.18. The van der Waals surface area contributed by atoms with Crippen molar-refractivity contribution in [1.29, 1.82) is 0 Å². The zero-order chi connectivity index (χ0) is 37.1. The van der Waals surface area contributed by atoms with Crippen LogP contribution in [0.3, 0.4) is 0 Å². The summed E-state index contributed by atoms with van der Waals surface area (Å²) in [7, 11) is 12.8. The van der Waals surface area contributed by atoms with E-state index in [4.69, 9.17) is 37.9 Å². The summed E-state index contributed by atoms with van der Waals surface area (Å²) in [5.41, 5.74) is 7.99. The molecule has 0 aromatic heterocycles. The molecule has 53 heavy (non-hydrogen) atoms. The fourth-order valence-corrected chi connectivity index (χ4v) is 8.14. The van der Waals surface area contributed by atoms with E-state index in [2.05, 4.69) is 60.3 Å². The number of fused-ring (bicyclic) bond motifs is 2. The molecule has 4 aromatic rings. The molecule has 282 valence electrons. The Bertz CT molecular complexity index is 1910. The second-order valence-corrected chi connectivity index (χ2v) is 14.1. The maximum atomic E-state index is 7.18. The molecule has 4 heterocycles. The minimum atomic E-state index is -0.0808. The van der Waals surface area contributed by atoms with Crippen LogP contribution in [0.5, 0.6) is 46.0 Å². The van der Waals surface area contributed by atoms with Gasteiger partial charge >= 0.3 is 0 Å². The minimum Gasteiger partial charge on any atom is -0.493 e. The smallest absolute Gasteiger partial charge is 0.204 e. The number of hydrogen-bond acceptors (Lipinski definition) is 10. The molecular formula is C43H52N2O8. The van der Waals surface area contributed by atoms with Crippen molar-refractivity contribution in [3.8, 4) is 46.0 Å². The number of benzene rings is 4. The Balaban J connectivity index is 1.46. The summed E-state index contributed by atoms with van der Waals surface area (Å²) in [6.45, 7) is 3.35. The highest BCUT2D eigenvalue weighted by molar-refractivity contribution is 5.67. The molecule has 2 atom stereocenters. The Hall–Kier alpha value is -4.48. The molecule has 0 N–H and O–H groups in total. The van der Waals surface area contributed by atoms with Gasteiger partial charge in [-0.25, -0.2) is 0 Å². The van der Waals surface area contributed by atoms with Gasteiger partial charge in [0.25, 0.3) is 0 Å². The number of likely N-dealkylation sites (N-methyl/N-ethyl adjacent to an activating group) is 2. The predicted octanol–water partition coefficient (Wildman–Crippen LogP) is 7.72. The second kappa shape index (κ2) is 16.3. The highest BCUT2D eigenvalue weighted by atomic mass is 16.5. The first-order valence-corrected chi connectivity index (χ1v) is 18.5. The molecule has 0 radical (unpaired) electrons. The Morgan fingerprint density at radius 2 is 1.38 bits per heavy atom. The molecule has 8 rings (SSSR count). The molecule has 0 amide bonds. The third-order valence-electron chi connectivity index (χ3n) is 11.0. The molecule has 6 bridgehead atoms. The molecule has 4 aromatic carbocycles. The van der Waals surface area contributed by atoms with E-state index in [0.29, 0.717) is 66.5 Å². The summed E-state index contributed by atoms with van der Waals surface area (Å²) >= 11 is 0. The van der Waals surface area contributed by atoms with E-state index in [1.807, 2.05) is 18.2 Å².